The molecule has 1 unspecified atom stereocenters. The molecule has 0 aliphatic heterocycles. The summed E-state index contributed by atoms with van der Waals surface area (Å²) in [5.74, 6) is 0.499. The topological polar surface area (TPSA) is 85.2 Å². The van der Waals surface area contributed by atoms with E-state index in [0.29, 0.717) is 22.8 Å². The minimum absolute atomic E-state index is 0.0101. The van der Waals surface area contributed by atoms with E-state index in [2.05, 4.69) is 15.0 Å². The molecular formula is C15H17N3O3. The van der Waals surface area contributed by atoms with E-state index in [-0.39, 0.29) is 5.92 Å². The standard InChI is InChI=1S/C15H17N3O3/c1-9(2)13(21-15(19)20)11-8-17-14(18-10(11)3)12-6-4-5-7-16-12/h4-9,13H,1-3H3,(H,19,20). The lowest BCUT2D eigenvalue weighted by atomic mass is 9.99. The summed E-state index contributed by atoms with van der Waals surface area (Å²) in [7, 11) is 0. The Bertz CT molecular complexity index is 629. The van der Waals surface area contributed by atoms with Gasteiger partial charge in [-0.3, -0.25) is 4.98 Å². The third-order valence-corrected chi connectivity index (χ3v) is 3.05. The average molecular weight is 287 g/mol. The van der Waals surface area contributed by atoms with Crippen LogP contribution in [-0.2, 0) is 4.74 Å². The second-order valence-electron chi connectivity index (χ2n) is 5.00. The first-order valence-corrected chi connectivity index (χ1v) is 6.63. The van der Waals surface area contributed by atoms with Crippen LogP contribution in [-0.4, -0.2) is 26.2 Å². The zero-order chi connectivity index (χ0) is 15.4. The van der Waals surface area contributed by atoms with Crippen molar-refractivity contribution in [1.29, 1.82) is 0 Å². The first-order chi connectivity index (χ1) is 9.99. The molecule has 21 heavy (non-hydrogen) atoms. The van der Waals surface area contributed by atoms with Gasteiger partial charge < -0.3 is 9.84 Å². The highest BCUT2D eigenvalue weighted by Gasteiger charge is 2.23. The number of hydrogen-bond acceptors (Lipinski definition) is 5. The fourth-order valence-corrected chi connectivity index (χ4v) is 2.04. The molecule has 0 bridgehead atoms. The summed E-state index contributed by atoms with van der Waals surface area (Å²) in [6, 6.07) is 5.50. The van der Waals surface area contributed by atoms with Gasteiger partial charge in [-0.25, -0.2) is 14.8 Å². The predicted molar refractivity (Wildman–Crippen MR) is 76.7 cm³/mol. The maximum Gasteiger partial charge on any atom is 0.506 e. The Hall–Kier alpha value is -2.50. The molecule has 0 radical (unpaired) electrons. The third kappa shape index (κ3) is 3.53. The van der Waals surface area contributed by atoms with Crippen LogP contribution in [0.25, 0.3) is 11.5 Å². The summed E-state index contributed by atoms with van der Waals surface area (Å²) in [4.78, 5) is 23.7. The normalized spacial score (nSPS) is 12.2. The first kappa shape index (κ1) is 14.9. The molecule has 0 saturated heterocycles. The van der Waals surface area contributed by atoms with Crippen LogP contribution < -0.4 is 0 Å². The molecule has 0 aromatic carbocycles. The monoisotopic (exact) mass is 287 g/mol. The van der Waals surface area contributed by atoms with Gasteiger partial charge in [0.25, 0.3) is 0 Å². The smallest absolute Gasteiger partial charge is 0.450 e. The van der Waals surface area contributed by atoms with Crippen molar-refractivity contribution < 1.29 is 14.6 Å². The van der Waals surface area contributed by atoms with Crippen LogP contribution in [0.5, 0.6) is 0 Å². The molecule has 1 atom stereocenters. The van der Waals surface area contributed by atoms with Gasteiger partial charge in [0.1, 0.15) is 11.8 Å². The van der Waals surface area contributed by atoms with E-state index >= 15 is 0 Å². The van der Waals surface area contributed by atoms with Gasteiger partial charge in [-0.15, -0.1) is 0 Å². The lowest BCUT2D eigenvalue weighted by molar-refractivity contribution is 0.0302. The molecule has 0 fully saturated rings. The molecule has 1 N–H and O–H groups in total. The molecule has 2 heterocycles. The van der Waals surface area contributed by atoms with Crippen molar-refractivity contribution in [3.05, 3.63) is 41.9 Å². The molecule has 6 heteroatoms. The van der Waals surface area contributed by atoms with Crippen LogP contribution in [0.3, 0.4) is 0 Å². The summed E-state index contributed by atoms with van der Waals surface area (Å²) in [6.45, 7) is 5.59. The fraction of sp³-hybridized carbons (Fsp3) is 0.333. The zero-order valence-electron chi connectivity index (χ0n) is 12.1. The maximum absolute atomic E-state index is 10.8. The van der Waals surface area contributed by atoms with E-state index in [1.807, 2.05) is 39.0 Å². The number of pyridine rings is 1. The van der Waals surface area contributed by atoms with Crippen LogP contribution in [0.2, 0.25) is 0 Å². The molecule has 110 valence electrons. The Labute approximate surface area is 122 Å². The van der Waals surface area contributed by atoms with Gasteiger partial charge in [-0.2, -0.15) is 0 Å². The maximum atomic E-state index is 10.8. The molecule has 0 spiro atoms. The predicted octanol–water partition coefficient (Wildman–Crippen LogP) is 3.24. The third-order valence-electron chi connectivity index (χ3n) is 3.05. The average Bonchev–Trinajstić information content (AvgIpc) is 2.45. The van der Waals surface area contributed by atoms with Crippen molar-refractivity contribution >= 4 is 6.16 Å². The Balaban J connectivity index is 2.36. The molecule has 2 rings (SSSR count). The largest absolute Gasteiger partial charge is 0.506 e. The van der Waals surface area contributed by atoms with Crippen molar-refractivity contribution in [2.75, 3.05) is 0 Å². The minimum Gasteiger partial charge on any atom is -0.450 e. The van der Waals surface area contributed by atoms with E-state index in [1.54, 1.807) is 12.4 Å². The molecule has 2 aromatic heterocycles. The van der Waals surface area contributed by atoms with Gasteiger partial charge >= 0.3 is 6.16 Å². The van der Waals surface area contributed by atoms with Crippen LogP contribution in [0.15, 0.2) is 30.6 Å². The second-order valence-corrected chi connectivity index (χ2v) is 5.00. The van der Waals surface area contributed by atoms with Gasteiger partial charge in [0.2, 0.25) is 0 Å². The van der Waals surface area contributed by atoms with Gasteiger partial charge in [-0.1, -0.05) is 19.9 Å². The summed E-state index contributed by atoms with van der Waals surface area (Å²) in [5.41, 5.74) is 2.03. The number of nitrogens with zero attached hydrogens (tertiary/aromatic N) is 3. The molecule has 0 saturated carbocycles. The summed E-state index contributed by atoms with van der Waals surface area (Å²) >= 11 is 0. The zero-order valence-corrected chi connectivity index (χ0v) is 12.1. The quantitative estimate of drug-likeness (QED) is 0.869. The van der Waals surface area contributed by atoms with Crippen molar-refractivity contribution in [2.45, 2.75) is 26.9 Å². The number of ether oxygens (including phenoxy) is 1. The fourth-order valence-electron chi connectivity index (χ4n) is 2.04. The van der Waals surface area contributed by atoms with Crippen LogP contribution in [0.4, 0.5) is 4.79 Å². The number of hydrogen-bond donors (Lipinski definition) is 1. The van der Waals surface area contributed by atoms with Crippen LogP contribution in [0, 0.1) is 12.8 Å². The van der Waals surface area contributed by atoms with Gasteiger partial charge in [-0.05, 0) is 25.0 Å². The Kier molecular flexibility index (Phi) is 4.47. The van der Waals surface area contributed by atoms with Crippen molar-refractivity contribution in [2.24, 2.45) is 5.92 Å². The van der Waals surface area contributed by atoms with Crippen LogP contribution >= 0.6 is 0 Å². The molecule has 6 nitrogen and oxygen atoms in total. The molecule has 0 aliphatic carbocycles. The molecule has 2 aromatic rings. The number of rotatable bonds is 4. The van der Waals surface area contributed by atoms with E-state index in [4.69, 9.17) is 9.84 Å². The minimum atomic E-state index is -1.30. The Morgan fingerprint density at radius 1 is 1.29 bits per heavy atom. The summed E-state index contributed by atoms with van der Waals surface area (Å²) in [6.07, 6.45) is 1.40. The lowest BCUT2D eigenvalue weighted by Crippen LogP contribution is -2.17. The van der Waals surface area contributed by atoms with Crippen molar-refractivity contribution in [1.82, 2.24) is 15.0 Å². The Morgan fingerprint density at radius 3 is 2.57 bits per heavy atom. The number of carboxylic acid groups (broad SMARTS) is 1. The van der Waals surface area contributed by atoms with Gasteiger partial charge in [0.15, 0.2) is 5.82 Å². The number of aryl methyl sites for hydroxylation is 1. The highest BCUT2D eigenvalue weighted by atomic mass is 16.7. The number of aromatic nitrogens is 3. The molecular weight excluding hydrogens is 270 g/mol. The Morgan fingerprint density at radius 2 is 2.05 bits per heavy atom. The van der Waals surface area contributed by atoms with E-state index in [1.165, 1.54) is 0 Å². The highest BCUT2D eigenvalue weighted by molar-refractivity contribution is 5.57. The van der Waals surface area contributed by atoms with Crippen LogP contribution in [0.1, 0.15) is 31.2 Å². The number of carbonyl (C=O) groups is 1. The van der Waals surface area contributed by atoms with Gasteiger partial charge in [0, 0.05) is 23.7 Å². The van der Waals surface area contributed by atoms with E-state index in [0.717, 1.165) is 0 Å². The van der Waals surface area contributed by atoms with E-state index < -0.39 is 12.3 Å². The first-order valence-electron chi connectivity index (χ1n) is 6.63. The summed E-state index contributed by atoms with van der Waals surface area (Å²) < 4.78 is 4.95. The second kappa shape index (κ2) is 6.30. The van der Waals surface area contributed by atoms with Crippen molar-refractivity contribution in [3.63, 3.8) is 0 Å². The lowest BCUT2D eigenvalue weighted by Gasteiger charge is -2.21. The highest BCUT2D eigenvalue weighted by Crippen LogP contribution is 2.28. The molecule has 0 aliphatic rings. The SMILES string of the molecule is Cc1nc(-c2ccccn2)ncc1C(OC(=O)O)C(C)C. The summed E-state index contributed by atoms with van der Waals surface area (Å²) in [5, 5.41) is 8.84. The van der Waals surface area contributed by atoms with Gasteiger partial charge in [0.05, 0.1) is 0 Å². The van der Waals surface area contributed by atoms with Crippen molar-refractivity contribution in [3.8, 4) is 11.5 Å². The van der Waals surface area contributed by atoms with E-state index in [9.17, 15) is 4.79 Å². The molecule has 0 amide bonds.